The van der Waals surface area contributed by atoms with Crippen LogP contribution in [0.2, 0.25) is 0 Å². The van der Waals surface area contributed by atoms with Crippen molar-refractivity contribution in [1.29, 1.82) is 0 Å². The predicted molar refractivity (Wildman–Crippen MR) is 113 cm³/mol. The van der Waals surface area contributed by atoms with Crippen LogP contribution in [0.25, 0.3) is 11.4 Å². The molecule has 31 heavy (non-hydrogen) atoms. The van der Waals surface area contributed by atoms with Crippen molar-refractivity contribution in [2.45, 2.75) is 5.16 Å². The molecule has 3 rings (SSSR count). The van der Waals surface area contributed by atoms with Crippen LogP contribution in [0.5, 0.6) is 0 Å². The molecule has 0 aliphatic rings. The first-order valence-corrected chi connectivity index (χ1v) is 9.67. The number of nitro groups is 2. The van der Waals surface area contributed by atoms with Gasteiger partial charge in [-0.1, -0.05) is 36.0 Å². The van der Waals surface area contributed by atoms with Crippen LogP contribution in [-0.2, 0) is 11.8 Å². The van der Waals surface area contributed by atoms with Gasteiger partial charge in [0.15, 0.2) is 11.0 Å². The van der Waals surface area contributed by atoms with Gasteiger partial charge in [-0.15, -0.1) is 10.2 Å². The summed E-state index contributed by atoms with van der Waals surface area (Å²) in [4.78, 5) is 32.7. The van der Waals surface area contributed by atoms with Gasteiger partial charge in [0.05, 0.1) is 21.8 Å². The van der Waals surface area contributed by atoms with Gasteiger partial charge >= 0.3 is 0 Å². The Morgan fingerprint density at radius 1 is 1.13 bits per heavy atom. The molecule has 1 amide bonds. The Kier molecular flexibility index (Phi) is 6.67. The minimum absolute atomic E-state index is 0.00676. The van der Waals surface area contributed by atoms with Crippen LogP contribution in [0.3, 0.4) is 0 Å². The number of nitrogens with one attached hydrogen (secondary N) is 1. The number of hydrogen-bond acceptors (Lipinski definition) is 9. The molecule has 158 valence electrons. The monoisotopic (exact) mass is 441 g/mol. The molecular formula is C18H15N7O5S. The van der Waals surface area contributed by atoms with E-state index in [4.69, 9.17) is 0 Å². The maximum absolute atomic E-state index is 12.0. The average molecular weight is 441 g/mol. The van der Waals surface area contributed by atoms with Crippen LogP contribution in [0, 0.1) is 20.2 Å². The van der Waals surface area contributed by atoms with Crippen LogP contribution in [0.1, 0.15) is 5.56 Å². The van der Waals surface area contributed by atoms with Crippen molar-refractivity contribution in [3.05, 3.63) is 74.3 Å². The highest BCUT2D eigenvalue weighted by atomic mass is 32.2. The fourth-order valence-corrected chi connectivity index (χ4v) is 3.21. The van der Waals surface area contributed by atoms with Crippen molar-refractivity contribution in [3.63, 3.8) is 0 Å². The van der Waals surface area contributed by atoms with Crippen molar-refractivity contribution in [2.75, 3.05) is 5.75 Å². The van der Waals surface area contributed by atoms with E-state index < -0.39 is 15.8 Å². The molecule has 0 saturated carbocycles. The molecule has 0 saturated heterocycles. The summed E-state index contributed by atoms with van der Waals surface area (Å²) < 4.78 is 1.63. The first-order chi connectivity index (χ1) is 14.8. The number of carbonyl (C=O) groups excluding carboxylic acids is 1. The normalized spacial score (nSPS) is 10.9. The lowest BCUT2D eigenvalue weighted by Gasteiger charge is -2.03. The molecule has 0 spiro atoms. The van der Waals surface area contributed by atoms with Crippen molar-refractivity contribution in [1.82, 2.24) is 20.2 Å². The number of hydrogen-bond donors (Lipinski definition) is 1. The molecule has 0 fully saturated rings. The molecule has 0 bridgehead atoms. The van der Waals surface area contributed by atoms with E-state index in [0.29, 0.717) is 22.1 Å². The zero-order valence-electron chi connectivity index (χ0n) is 16.0. The number of rotatable bonds is 8. The smallest absolute Gasteiger partial charge is 0.270 e. The van der Waals surface area contributed by atoms with Gasteiger partial charge in [0.1, 0.15) is 0 Å². The molecule has 0 radical (unpaired) electrons. The topological polar surface area (TPSA) is 158 Å². The van der Waals surface area contributed by atoms with Crippen LogP contribution in [0.15, 0.2) is 58.8 Å². The fourth-order valence-electron chi connectivity index (χ4n) is 2.51. The lowest BCUT2D eigenvalue weighted by molar-refractivity contribution is -0.385. The highest BCUT2D eigenvalue weighted by molar-refractivity contribution is 7.99. The van der Waals surface area contributed by atoms with Gasteiger partial charge in [0.2, 0.25) is 0 Å². The van der Waals surface area contributed by atoms with E-state index >= 15 is 0 Å². The Labute approximate surface area is 179 Å². The van der Waals surface area contributed by atoms with E-state index in [-0.39, 0.29) is 17.1 Å². The maximum atomic E-state index is 12.0. The van der Waals surface area contributed by atoms with Crippen molar-refractivity contribution in [3.8, 4) is 11.4 Å². The molecule has 0 aliphatic carbocycles. The number of nitro benzene ring substituents is 2. The van der Waals surface area contributed by atoms with Crippen molar-refractivity contribution >= 4 is 35.3 Å². The van der Waals surface area contributed by atoms with Gasteiger partial charge < -0.3 is 4.57 Å². The summed E-state index contributed by atoms with van der Waals surface area (Å²) in [7, 11) is 1.69. The Morgan fingerprint density at radius 2 is 1.81 bits per heavy atom. The molecule has 2 aromatic carbocycles. The number of non-ortho nitro benzene ring substituents is 2. The standard InChI is InChI=1S/C18H15N7O5S/c1-23-17(13-5-3-7-15(9-13)25(29)30)21-22-18(23)31-11-16(26)20-19-10-12-4-2-6-14(8-12)24(27)28/h2-10H,11H2,1H3,(H,20,26)/b19-10-. The van der Waals surface area contributed by atoms with E-state index in [9.17, 15) is 25.0 Å². The quantitative estimate of drug-likeness (QED) is 0.242. The number of thioether (sulfide) groups is 1. The molecule has 0 unspecified atom stereocenters. The minimum atomic E-state index is -0.518. The number of carbonyl (C=O) groups is 1. The average Bonchev–Trinajstić information content (AvgIpc) is 3.13. The lowest BCUT2D eigenvalue weighted by atomic mass is 10.2. The lowest BCUT2D eigenvalue weighted by Crippen LogP contribution is -2.19. The van der Waals surface area contributed by atoms with Crippen molar-refractivity contribution < 1.29 is 14.6 Å². The molecule has 12 nitrogen and oxygen atoms in total. The van der Waals surface area contributed by atoms with E-state index in [2.05, 4.69) is 20.7 Å². The summed E-state index contributed by atoms with van der Waals surface area (Å²) in [6, 6.07) is 11.8. The summed E-state index contributed by atoms with van der Waals surface area (Å²) in [5.41, 5.74) is 3.20. The summed E-state index contributed by atoms with van der Waals surface area (Å²) in [6.07, 6.45) is 1.30. The zero-order chi connectivity index (χ0) is 22.4. The van der Waals surface area contributed by atoms with Crippen LogP contribution < -0.4 is 5.43 Å². The minimum Gasteiger partial charge on any atom is -0.305 e. The Morgan fingerprint density at radius 3 is 2.52 bits per heavy atom. The van der Waals surface area contributed by atoms with E-state index in [0.717, 1.165) is 11.8 Å². The number of hydrazone groups is 1. The first-order valence-electron chi connectivity index (χ1n) is 8.68. The van der Waals surface area contributed by atoms with Gasteiger partial charge in [-0.25, -0.2) is 5.43 Å². The van der Waals surface area contributed by atoms with E-state index in [1.165, 1.54) is 36.5 Å². The molecule has 0 atom stereocenters. The van der Waals surface area contributed by atoms with E-state index in [1.54, 1.807) is 29.8 Å². The van der Waals surface area contributed by atoms with Crippen LogP contribution in [-0.4, -0.2) is 42.5 Å². The third kappa shape index (κ3) is 5.48. The highest BCUT2D eigenvalue weighted by Crippen LogP contribution is 2.25. The van der Waals surface area contributed by atoms with Gasteiger partial charge in [-0.3, -0.25) is 25.0 Å². The molecule has 3 aromatic rings. The second-order valence-electron chi connectivity index (χ2n) is 6.11. The summed E-state index contributed by atoms with van der Waals surface area (Å²) >= 11 is 1.11. The largest absolute Gasteiger partial charge is 0.305 e. The number of benzene rings is 2. The third-order valence-electron chi connectivity index (χ3n) is 3.97. The molecular weight excluding hydrogens is 426 g/mol. The number of nitrogens with zero attached hydrogens (tertiary/aromatic N) is 6. The van der Waals surface area contributed by atoms with Gasteiger partial charge in [-0.2, -0.15) is 5.10 Å². The van der Waals surface area contributed by atoms with Crippen LogP contribution in [0.4, 0.5) is 11.4 Å². The van der Waals surface area contributed by atoms with Crippen molar-refractivity contribution in [2.24, 2.45) is 12.1 Å². The summed E-state index contributed by atoms with van der Waals surface area (Å²) in [5.74, 6) is 0.00887. The van der Waals surface area contributed by atoms with Crippen LogP contribution >= 0.6 is 11.8 Å². The molecule has 1 heterocycles. The van der Waals surface area contributed by atoms with Gasteiger partial charge in [0.25, 0.3) is 17.3 Å². The molecule has 13 heteroatoms. The molecule has 1 aromatic heterocycles. The Bertz CT molecular complexity index is 1180. The van der Waals surface area contributed by atoms with E-state index in [1.807, 2.05) is 0 Å². The zero-order valence-corrected chi connectivity index (χ0v) is 16.9. The first kappa shape index (κ1) is 21.6. The van der Waals surface area contributed by atoms with Gasteiger partial charge in [-0.05, 0) is 0 Å². The fraction of sp³-hybridized carbons (Fsp3) is 0.111. The number of amides is 1. The molecule has 0 aliphatic heterocycles. The Balaban J connectivity index is 1.59. The SMILES string of the molecule is Cn1c(SCC(=O)N/N=C\c2cccc([N+](=O)[O-])c2)nnc1-c1cccc([N+](=O)[O-])c1. The Hall–Kier alpha value is -4.13. The number of aromatic nitrogens is 3. The summed E-state index contributed by atoms with van der Waals surface area (Å²) in [6.45, 7) is 0. The maximum Gasteiger partial charge on any atom is 0.270 e. The van der Waals surface area contributed by atoms with Gasteiger partial charge in [0, 0.05) is 42.4 Å². The third-order valence-corrected chi connectivity index (χ3v) is 4.99. The predicted octanol–water partition coefficient (Wildman–Crippen LogP) is 2.54. The highest BCUT2D eigenvalue weighted by Gasteiger charge is 2.15. The second-order valence-corrected chi connectivity index (χ2v) is 7.05. The summed E-state index contributed by atoms with van der Waals surface area (Å²) in [5, 5.41) is 34.0. The molecule has 1 N–H and O–H groups in total. The second kappa shape index (κ2) is 9.58.